The molecule has 1 aliphatic carbocycles. The first-order chi connectivity index (χ1) is 10.0. The summed E-state index contributed by atoms with van der Waals surface area (Å²) < 4.78 is 5.14. The summed E-state index contributed by atoms with van der Waals surface area (Å²) in [4.78, 5) is 23.0. The minimum absolute atomic E-state index is 0.0975. The van der Waals surface area contributed by atoms with Crippen LogP contribution < -0.4 is 15.4 Å². The molecule has 114 valence electrons. The number of amides is 2. The molecule has 1 aromatic rings. The van der Waals surface area contributed by atoms with E-state index in [4.69, 9.17) is 9.84 Å². The second-order valence-corrected chi connectivity index (χ2v) is 5.33. The van der Waals surface area contributed by atoms with Crippen molar-refractivity contribution in [1.82, 2.24) is 5.32 Å². The molecule has 1 aliphatic rings. The van der Waals surface area contributed by atoms with Crippen LogP contribution in [0.5, 0.6) is 5.75 Å². The van der Waals surface area contributed by atoms with E-state index in [1.54, 1.807) is 0 Å². The van der Waals surface area contributed by atoms with Gasteiger partial charge >= 0.3 is 12.0 Å². The molecule has 2 rings (SSSR count). The molecule has 6 heteroatoms. The van der Waals surface area contributed by atoms with Crippen molar-refractivity contribution in [3.63, 3.8) is 0 Å². The summed E-state index contributed by atoms with van der Waals surface area (Å²) in [6.45, 7) is 2.11. The number of aromatic carboxylic acids is 1. The summed E-state index contributed by atoms with van der Waals surface area (Å²) >= 11 is 0. The third-order valence-electron chi connectivity index (χ3n) is 3.87. The number of carboxylic acid groups (broad SMARTS) is 1. The molecule has 2 unspecified atom stereocenters. The number of methoxy groups -OCH3 is 1. The van der Waals surface area contributed by atoms with Crippen LogP contribution in [-0.2, 0) is 0 Å². The van der Waals surface area contributed by atoms with Crippen LogP contribution in [0, 0.1) is 5.92 Å². The number of rotatable bonds is 4. The molecule has 0 saturated heterocycles. The number of nitrogens with one attached hydrogen (secondary N) is 2. The Bertz CT molecular complexity index is 544. The van der Waals surface area contributed by atoms with E-state index in [9.17, 15) is 9.59 Å². The van der Waals surface area contributed by atoms with Crippen molar-refractivity contribution < 1.29 is 19.4 Å². The standard InChI is InChI=1S/C15H20N2O4/c1-9-4-3-5-11(9)16-15(20)17-12-8-10(14(18)19)6-7-13(12)21-2/h6-9,11H,3-5H2,1-2H3,(H,18,19)(H2,16,17,20). The van der Waals surface area contributed by atoms with Crippen LogP contribution in [0.25, 0.3) is 0 Å². The minimum Gasteiger partial charge on any atom is -0.495 e. The molecule has 0 radical (unpaired) electrons. The van der Waals surface area contributed by atoms with Crippen LogP contribution in [0.1, 0.15) is 36.5 Å². The Morgan fingerprint density at radius 2 is 2.10 bits per heavy atom. The van der Waals surface area contributed by atoms with Gasteiger partial charge in [0.25, 0.3) is 0 Å². The highest BCUT2D eigenvalue weighted by molar-refractivity contribution is 5.94. The Hall–Kier alpha value is -2.24. The second-order valence-electron chi connectivity index (χ2n) is 5.33. The van der Waals surface area contributed by atoms with Crippen molar-refractivity contribution in [2.75, 3.05) is 12.4 Å². The van der Waals surface area contributed by atoms with Crippen LogP contribution in [0.3, 0.4) is 0 Å². The van der Waals surface area contributed by atoms with Gasteiger partial charge in [-0.1, -0.05) is 13.3 Å². The number of carboxylic acids is 1. The van der Waals surface area contributed by atoms with E-state index >= 15 is 0 Å². The number of hydrogen-bond donors (Lipinski definition) is 3. The van der Waals surface area contributed by atoms with Gasteiger partial charge in [-0.25, -0.2) is 9.59 Å². The van der Waals surface area contributed by atoms with Crippen LogP contribution in [0.15, 0.2) is 18.2 Å². The van der Waals surface area contributed by atoms with Crippen LogP contribution >= 0.6 is 0 Å². The van der Waals surface area contributed by atoms with Gasteiger partial charge in [0.05, 0.1) is 18.4 Å². The Labute approximate surface area is 123 Å². The van der Waals surface area contributed by atoms with Gasteiger partial charge < -0.3 is 20.5 Å². The lowest BCUT2D eigenvalue weighted by atomic mass is 10.1. The van der Waals surface area contributed by atoms with Gasteiger partial charge in [0, 0.05) is 6.04 Å². The normalized spacial score (nSPS) is 20.9. The van der Waals surface area contributed by atoms with Crippen LogP contribution in [0.2, 0.25) is 0 Å². The monoisotopic (exact) mass is 292 g/mol. The van der Waals surface area contributed by atoms with Crippen molar-refractivity contribution in [1.29, 1.82) is 0 Å². The van der Waals surface area contributed by atoms with Gasteiger partial charge in [-0.15, -0.1) is 0 Å². The largest absolute Gasteiger partial charge is 0.495 e. The van der Waals surface area contributed by atoms with Crippen molar-refractivity contribution in [2.45, 2.75) is 32.2 Å². The number of hydrogen-bond acceptors (Lipinski definition) is 3. The highest BCUT2D eigenvalue weighted by atomic mass is 16.5. The molecule has 1 aromatic carbocycles. The number of carbonyl (C=O) groups excluding carboxylic acids is 1. The van der Waals surface area contributed by atoms with E-state index in [0.717, 1.165) is 19.3 Å². The first-order valence-electron chi connectivity index (χ1n) is 7.00. The number of anilines is 1. The zero-order valence-corrected chi connectivity index (χ0v) is 12.2. The van der Waals surface area contributed by atoms with E-state index in [-0.39, 0.29) is 17.6 Å². The Morgan fingerprint density at radius 3 is 2.67 bits per heavy atom. The van der Waals surface area contributed by atoms with Crippen LogP contribution in [0.4, 0.5) is 10.5 Å². The van der Waals surface area contributed by atoms with Gasteiger partial charge in [-0.3, -0.25) is 0 Å². The highest BCUT2D eigenvalue weighted by Gasteiger charge is 2.25. The molecule has 1 saturated carbocycles. The van der Waals surface area contributed by atoms with E-state index in [1.165, 1.54) is 25.3 Å². The van der Waals surface area contributed by atoms with E-state index in [0.29, 0.717) is 17.4 Å². The van der Waals surface area contributed by atoms with Crippen molar-refractivity contribution in [3.8, 4) is 5.75 Å². The molecule has 0 heterocycles. The fraction of sp³-hybridized carbons (Fsp3) is 0.467. The predicted octanol–water partition coefficient (Wildman–Crippen LogP) is 2.70. The zero-order chi connectivity index (χ0) is 15.4. The van der Waals surface area contributed by atoms with Gasteiger partial charge in [-0.05, 0) is 37.0 Å². The SMILES string of the molecule is COc1ccc(C(=O)O)cc1NC(=O)NC1CCCC1C. The maximum atomic E-state index is 12.0. The molecule has 0 aromatic heterocycles. The third-order valence-corrected chi connectivity index (χ3v) is 3.87. The molecule has 0 aliphatic heterocycles. The fourth-order valence-electron chi connectivity index (χ4n) is 2.63. The molecule has 3 N–H and O–H groups in total. The summed E-state index contributed by atoms with van der Waals surface area (Å²) in [5, 5.41) is 14.6. The molecule has 0 spiro atoms. The zero-order valence-electron chi connectivity index (χ0n) is 12.2. The quantitative estimate of drug-likeness (QED) is 0.796. The third kappa shape index (κ3) is 3.65. The molecule has 0 bridgehead atoms. The maximum absolute atomic E-state index is 12.0. The highest BCUT2D eigenvalue weighted by Crippen LogP contribution is 2.27. The first-order valence-corrected chi connectivity index (χ1v) is 7.00. The maximum Gasteiger partial charge on any atom is 0.335 e. The van der Waals surface area contributed by atoms with E-state index < -0.39 is 5.97 Å². The topological polar surface area (TPSA) is 87.7 Å². The average Bonchev–Trinajstić information content (AvgIpc) is 2.84. The summed E-state index contributed by atoms with van der Waals surface area (Å²) in [5.41, 5.74) is 0.445. The average molecular weight is 292 g/mol. The Morgan fingerprint density at radius 1 is 1.33 bits per heavy atom. The molecule has 6 nitrogen and oxygen atoms in total. The van der Waals surface area contributed by atoms with Gasteiger partial charge in [0.15, 0.2) is 0 Å². The molecular formula is C15H20N2O4. The molecule has 2 amide bonds. The lowest BCUT2D eigenvalue weighted by Crippen LogP contribution is -2.39. The van der Waals surface area contributed by atoms with Crippen molar-refractivity contribution >= 4 is 17.7 Å². The predicted molar refractivity (Wildman–Crippen MR) is 78.9 cm³/mol. The Balaban J connectivity index is 2.08. The molecule has 21 heavy (non-hydrogen) atoms. The number of ether oxygens (including phenoxy) is 1. The smallest absolute Gasteiger partial charge is 0.335 e. The van der Waals surface area contributed by atoms with Gasteiger partial charge in [0.2, 0.25) is 0 Å². The second kappa shape index (κ2) is 6.47. The summed E-state index contributed by atoms with van der Waals surface area (Å²) in [7, 11) is 1.47. The lowest BCUT2D eigenvalue weighted by molar-refractivity contribution is 0.0697. The van der Waals surface area contributed by atoms with E-state index in [2.05, 4.69) is 17.6 Å². The van der Waals surface area contributed by atoms with Gasteiger partial charge in [-0.2, -0.15) is 0 Å². The summed E-state index contributed by atoms with van der Waals surface area (Å²) in [6, 6.07) is 4.17. The van der Waals surface area contributed by atoms with Crippen LogP contribution in [-0.4, -0.2) is 30.3 Å². The minimum atomic E-state index is -1.05. The van der Waals surface area contributed by atoms with Crippen molar-refractivity contribution in [2.24, 2.45) is 5.92 Å². The molecular weight excluding hydrogens is 272 g/mol. The number of urea groups is 1. The van der Waals surface area contributed by atoms with Gasteiger partial charge in [0.1, 0.15) is 5.75 Å². The Kier molecular flexibility index (Phi) is 4.67. The lowest BCUT2D eigenvalue weighted by Gasteiger charge is -2.18. The molecule has 1 fully saturated rings. The number of benzene rings is 1. The fourth-order valence-corrected chi connectivity index (χ4v) is 2.63. The van der Waals surface area contributed by atoms with E-state index in [1.807, 2.05) is 0 Å². The summed E-state index contributed by atoms with van der Waals surface area (Å²) in [6.07, 6.45) is 3.20. The summed E-state index contributed by atoms with van der Waals surface area (Å²) in [5.74, 6) is -0.164. The van der Waals surface area contributed by atoms with Crippen molar-refractivity contribution in [3.05, 3.63) is 23.8 Å². The molecule has 2 atom stereocenters. The first kappa shape index (κ1) is 15.2. The number of carbonyl (C=O) groups is 2.